The maximum Gasteiger partial charge on any atom is 0.157 e. The molecule has 0 saturated carbocycles. The van der Waals surface area contributed by atoms with E-state index in [0.717, 1.165) is 10.9 Å². The Labute approximate surface area is 108 Å². The van der Waals surface area contributed by atoms with Crippen LogP contribution in [0.5, 0.6) is 0 Å². The lowest BCUT2D eigenvalue weighted by molar-refractivity contribution is 0.389. The number of nitrogens with zero attached hydrogens (tertiary/aromatic N) is 1. The normalized spacial score (nSPS) is 30.1. The van der Waals surface area contributed by atoms with Crippen LogP contribution in [0.1, 0.15) is 40.5 Å². The highest BCUT2D eigenvalue weighted by Gasteiger charge is 2.27. The Bertz CT molecular complexity index is 243. The molecule has 0 spiro atoms. The van der Waals surface area contributed by atoms with Gasteiger partial charge in [-0.15, -0.1) is 0 Å². The molecule has 0 aromatic rings. The molecule has 0 aliphatic carbocycles. The van der Waals surface area contributed by atoms with Crippen molar-refractivity contribution in [3.05, 3.63) is 0 Å². The molecular formula is C12H24N2S2. The Balaban J connectivity index is 2.49. The summed E-state index contributed by atoms with van der Waals surface area (Å²) < 4.78 is 0. The molecule has 2 atom stereocenters. The Kier molecular flexibility index (Phi) is 6.05. The van der Waals surface area contributed by atoms with Gasteiger partial charge in [0, 0.05) is 17.0 Å². The Morgan fingerprint density at radius 1 is 1.56 bits per heavy atom. The molecule has 0 bridgehead atoms. The number of rotatable bonds is 5. The quantitative estimate of drug-likeness (QED) is 0.820. The van der Waals surface area contributed by atoms with Gasteiger partial charge >= 0.3 is 0 Å². The monoisotopic (exact) mass is 260 g/mol. The first-order valence-corrected chi connectivity index (χ1v) is 8.30. The van der Waals surface area contributed by atoms with E-state index in [1.54, 1.807) is 0 Å². The summed E-state index contributed by atoms with van der Waals surface area (Å²) in [6.45, 7) is 8.95. The molecule has 1 rings (SSSR count). The summed E-state index contributed by atoms with van der Waals surface area (Å²) in [5, 5.41) is 4.74. The predicted molar refractivity (Wildman–Crippen MR) is 78.8 cm³/mol. The third-order valence-corrected chi connectivity index (χ3v) is 5.00. The van der Waals surface area contributed by atoms with Crippen molar-refractivity contribution >= 4 is 28.7 Å². The SMILES string of the molecule is CCSCC(C)N=C1NC(C)(CC)CCS1. The average molecular weight is 260 g/mol. The Morgan fingerprint density at radius 3 is 2.94 bits per heavy atom. The fourth-order valence-corrected chi connectivity index (χ4v) is 3.56. The topological polar surface area (TPSA) is 24.4 Å². The lowest BCUT2D eigenvalue weighted by Crippen LogP contribution is -2.48. The molecule has 4 heteroatoms. The maximum absolute atomic E-state index is 4.76. The summed E-state index contributed by atoms with van der Waals surface area (Å²) in [6.07, 6.45) is 2.41. The number of hydrogen-bond donors (Lipinski definition) is 1. The largest absolute Gasteiger partial charge is 0.360 e. The fraction of sp³-hybridized carbons (Fsp3) is 0.917. The highest BCUT2D eigenvalue weighted by molar-refractivity contribution is 8.13. The fourth-order valence-electron chi connectivity index (χ4n) is 1.59. The van der Waals surface area contributed by atoms with Crippen molar-refractivity contribution in [3.8, 4) is 0 Å². The van der Waals surface area contributed by atoms with Gasteiger partial charge in [0.05, 0.1) is 6.04 Å². The smallest absolute Gasteiger partial charge is 0.157 e. The number of thioether (sulfide) groups is 2. The standard InChI is InChI=1S/C12H24N2S2/c1-5-12(4)7-8-16-11(14-12)13-10(3)9-15-6-2/h10H,5-9H2,1-4H3,(H,13,14). The van der Waals surface area contributed by atoms with Gasteiger partial charge in [0.25, 0.3) is 0 Å². The first-order chi connectivity index (χ1) is 7.59. The van der Waals surface area contributed by atoms with Crippen molar-refractivity contribution in [1.82, 2.24) is 5.32 Å². The molecule has 0 radical (unpaired) electrons. The van der Waals surface area contributed by atoms with E-state index in [4.69, 9.17) is 4.99 Å². The minimum atomic E-state index is 0.266. The lowest BCUT2D eigenvalue weighted by atomic mass is 9.96. The predicted octanol–water partition coefficient (Wildman–Crippen LogP) is 3.38. The third kappa shape index (κ3) is 4.58. The van der Waals surface area contributed by atoms with Crippen molar-refractivity contribution < 1.29 is 0 Å². The second kappa shape index (κ2) is 6.80. The van der Waals surface area contributed by atoms with Gasteiger partial charge in [0.15, 0.2) is 5.17 Å². The van der Waals surface area contributed by atoms with Crippen LogP contribution in [-0.2, 0) is 0 Å². The Hall–Kier alpha value is 0.170. The Morgan fingerprint density at radius 2 is 2.31 bits per heavy atom. The van der Waals surface area contributed by atoms with Crippen LogP contribution in [-0.4, -0.2) is 34.0 Å². The summed E-state index contributed by atoms with van der Waals surface area (Å²) in [5.74, 6) is 3.51. The van der Waals surface area contributed by atoms with Crippen LogP contribution < -0.4 is 5.32 Å². The second-order valence-electron chi connectivity index (χ2n) is 4.58. The van der Waals surface area contributed by atoms with Crippen molar-refractivity contribution in [2.75, 3.05) is 17.3 Å². The van der Waals surface area contributed by atoms with Crippen LogP contribution in [0.3, 0.4) is 0 Å². The van der Waals surface area contributed by atoms with Crippen LogP contribution in [0, 0.1) is 0 Å². The number of amidine groups is 1. The number of nitrogens with one attached hydrogen (secondary N) is 1. The van der Waals surface area contributed by atoms with Gasteiger partial charge in [0.2, 0.25) is 0 Å². The summed E-state index contributed by atoms with van der Waals surface area (Å²) >= 11 is 3.84. The lowest BCUT2D eigenvalue weighted by Gasteiger charge is -2.35. The van der Waals surface area contributed by atoms with E-state index < -0.39 is 0 Å². The van der Waals surface area contributed by atoms with Gasteiger partial charge < -0.3 is 5.32 Å². The van der Waals surface area contributed by atoms with Gasteiger partial charge in [-0.25, -0.2) is 0 Å². The second-order valence-corrected chi connectivity index (χ2v) is 6.98. The molecule has 94 valence electrons. The van der Waals surface area contributed by atoms with Gasteiger partial charge in [-0.05, 0) is 32.4 Å². The van der Waals surface area contributed by atoms with Crippen LogP contribution in [0.2, 0.25) is 0 Å². The van der Waals surface area contributed by atoms with Gasteiger partial charge in [0.1, 0.15) is 0 Å². The van der Waals surface area contributed by atoms with E-state index >= 15 is 0 Å². The van der Waals surface area contributed by atoms with E-state index in [2.05, 4.69) is 33.0 Å². The molecule has 2 unspecified atom stereocenters. The minimum absolute atomic E-state index is 0.266. The number of aliphatic imine (C=N–C) groups is 1. The van der Waals surface area contributed by atoms with Crippen molar-refractivity contribution in [1.29, 1.82) is 0 Å². The first kappa shape index (κ1) is 14.2. The van der Waals surface area contributed by atoms with Crippen LogP contribution in [0.25, 0.3) is 0 Å². The molecule has 0 amide bonds. The average Bonchev–Trinajstić information content (AvgIpc) is 2.26. The molecule has 1 aliphatic heterocycles. The van der Waals surface area contributed by atoms with Gasteiger partial charge in [-0.2, -0.15) is 11.8 Å². The zero-order valence-corrected chi connectivity index (χ0v) is 12.5. The first-order valence-electron chi connectivity index (χ1n) is 6.16. The van der Waals surface area contributed by atoms with E-state index in [-0.39, 0.29) is 5.54 Å². The molecule has 0 aromatic heterocycles. The van der Waals surface area contributed by atoms with E-state index in [0.29, 0.717) is 6.04 Å². The molecule has 16 heavy (non-hydrogen) atoms. The van der Waals surface area contributed by atoms with E-state index in [9.17, 15) is 0 Å². The van der Waals surface area contributed by atoms with E-state index in [1.807, 2.05) is 23.5 Å². The van der Waals surface area contributed by atoms with Crippen molar-refractivity contribution in [2.24, 2.45) is 4.99 Å². The molecular weight excluding hydrogens is 236 g/mol. The van der Waals surface area contributed by atoms with E-state index in [1.165, 1.54) is 24.3 Å². The molecule has 1 heterocycles. The zero-order chi connectivity index (χ0) is 12.0. The molecule has 1 saturated heterocycles. The van der Waals surface area contributed by atoms with Crippen molar-refractivity contribution in [3.63, 3.8) is 0 Å². The molecule has 1 aliphatic rings. The molecule has 0 aromatic carbocycles. The molecule has 1 N–H and O–H groups in total. The third-order valence-electron chi connectivity index (χ3n) is 2.98. The molecule has 2 nitrogen and oxygen atoms in total. The van der Waals surface area contributed by atoms with Gasteiger partial charge in [-0.3, -0.25) is 4.99 Å². The summed E-state index contributed by atoms with van der Waals surface area (Å²) in [5.41, 5.74) is 0.266. The summed E-state index contributed by atoms with van der Waals surface area (Å²) in [4.78, 5) is 4.76. The maximum atomic E-state index is 4.76. The van der Waals surface area contributed by atoms with Crippen LogP contribution in [0.15, 0.2) is 4.99 Å². The number of hydrogen-bond acceptors (Lipinski definition) is 3. The van der Waals surface area contributed by atoms with Gasteiger partial charge in [-0.1, -0.05) is 25.6 Å². The summed E-state index contributed by atoms with van der Waals surface area (Å²) in [7, 11) is 0. The highest BCUT2D eigenvalue weighted by Crippen LogP contribution is 2.25. The highest BCUT2D eigenvalue weighted by atomic mass is 32.2. The van der Waals surface area contributed by atoms with Crippen LogP contribution in [0.4, 0.5) is 0 Å². The summed E-state index contributed by atoms with van der Waals surface area (Å²) in [6, 6.07) is 0.430. The zero-order valence-electron chi connectivity index (χ0n) is 10.9. The molecule has 1 fully saturated rings. The van der Waals surface area contributed by atoms with Crippen LogP contribution >= 0.6 is 23.5 Å². The van der Waals surface area contributed by atoms with Crippen molar-refractivity contribution in [2.45, 2.75) is 52.1 Å². The minimum Gasteiger partial charge on any atom is -0.360 e.